The first-order chi connectivity index (χ1) is 20.5. The van der Waals surface area contributed by atoms with Crippen LogP contribution >= 0.6 is 0 Å². The molecule has 1 aromatic carbocycles. The Balaban J connectivity index is 0.00000173. The smallest absolute Gasteiger partial charge is 0.413 e. The number of hydrogen-bond donors (Lipinski definition) is 4. The number of pyridine rings is 2. The predicted octanol–water partition coefficient (Wildman–Crippen LogP) is 3.25. The van der Waals surface area contributed by atoms with E-state index in [0.717, 1.165) is 49.0 Å². The Kier molecular flexibility index (Phi) is 9.55. The van der Waals surface area contributed by atoms with Crippen molar-refractivity contribution in [3.8, 4) is 11.5 Å². The molecule has 1 saturated carbocycles. The number of amides is 2. The minimum Gasteiger partial charge on any atom is -0.488 e. The second kappa shape index (κ2) is 13.7. The maximum atomic E-state index is 12.7. The second-order valence-electron chi connectivity index (χ2n) is 10.3. The molecule has 4 N–H and O–H groups in total. The normalized spacial score (nSPS) is 19.7. The number of hydrogen-bond acceptors (Lipinski definition) is 9. The van der Waals surface area contributed by atoms with Gasteiger partial charge in [-0.3, -0.25) is 14.9 Å². The lowest BCUT2D eigenvalue weighted by Crippen LogP contribution is -2.50. The number of anilines is 2. The summed E-state index contributed by atoms with van der Waals surface area (Å²) in [5.74, 6) is 1.44. The molecular formula is C30H38N6O6. The third-order valence-electron chi connectivity index (χ3n) is 7.38. The number of nitrogens with one attached hydrogen (secondary N) is 4. The molecule has 0 bridgehead atoms. The summed E-state index contributed by atoms with van der Waals surface area (Å²) in [5, 5.41) is 13.0. The first kappa shape index (κ1) is 29.3. The van der Waals surface area contributed by atoms with Crippen molar-refractivity contribution in [2.45, 2.75) is 64.3 Å². The molecule has 4 heterocycles. The topological polar surface area (TPSA) is 145 Å². The molecule has 0 spiro atoms. The Morgan fingerprint density at radius 1 is 1.10 bits per heavy atom. The van der Waals surface area contributed by atoms with Gasteiger partial charge in [-0.05, 0) is 61.4 Å². The molecule has 2 aromatic heterocycles. The van der Waals surface area contributed by atoms with Gasteiger partial charge in [0.15, 0.2) is 18.2 Å². The van der Waals surface area contributed by atoms with E-state index in [9.17, 15) is 14.4 Å². The highest BCUT2D eigenvalue weighted by Crippen LogP contribution is 2.27. The van der Waals surface area contributed by atoms with Gasteiger partial charge < -0.3 is 34.7 Å². The van der Waals surface area contributed by atoms with Crippen LogP contribution in [-0.2, 0) is 16.1 Å². The summed E-state index contributed by atoms with van der Waals surface area (Å²) < 4.78 is 18.7. The van der Waals surface area contributed by atoms with Crippen LogP contribution in [0.2, 0.25) is 0 Å². The van der Waals surface area contributed by atoms with Crippen LogP contribution in [0, 0.1) is 0 Å². The van der Waals surface area contributed by atoms with Gasteiger partial charge in [0, 0.05) is 44.4 Å². The van der Waals surface area contributed by atoms with E-state index < -0.39 is 6.09 Å². The maximum absolute atomic E-state index is 12.7. The summed E-state index contributed by atoms with van der Waals surface area (Å²) >= 11 is 0. The fourth-order valence-electron chi connectivity index (χ4n) is 5.25. The summed E-state index contributed by atoms with van der Waals surface area (Å²) in [6, 6.07) is 12.7. The molecule has 2 atom stereocenters. The molecule has 2 fully saturated rings. The predicted molar refractivity (Wildman–Crippen MR) is 159 cm³/mol. The van der Waals surface area contributed by atoms with E-state index in [1.165, 1.54) is 0 Å². The van der Waals surface area contributed by atoms with E-state index in [2.05, 4.69) is 26.3 Å². The fourth-order valence-corrected chi connectivity index (χ4v) is 5.25. The first-order valence-electron chi connectivity index (χ1n) is 14.7. The Morgan fingerprint density at radius 2 is 1.93 bits per heavy atom. The number of benzene rings is 1. The van der Waals surface area contributed by atoms with E-state index in [4.69, 9.17) is 14.2 Å². The van der Waals surface area contributed by atoms with E-state index in [-0.39, 0.29) is 48.0 Å². The number of carbonyl (C=O) groups excluding carboxylic acids is 2. The van der Waals surface area contributed by atoms with Gasteiger partial charge in [-0.1, -0.05) is 13.8 Å². The van der Waals surface area contributed by atoms with E-state index in [1.807, 2.05) is 38.1 Å². The molecule has 3 aliphatic rings. The molecule has 2 aliphatic heterocycles. The minimum absolute atomic E-state index is 0.0554. The molecule has 1 unspecified atom stereocenters. The lowest BCUT2D eigenvalue weighted by atomic mass is 9.93. The molecular weight excluding hydrogens is 540 g/mol. The molecule has 12 heteroatoms. The van der Waals surface area contributed by atoms with Gasteiger partial charge in [0.2, 0.25) is 0 Å². The van der Waals surface area contributed by atoms with E-state index in [0.29, 0.717) is 25.3 Å². The van der Waals surface area contributed by atoms with E-state index >= 15 is 0 Å². The summed E-state index contributed by atoms with van der Waals surface area (Å²) in [7, 11) is 0. The van der Waals surface area contributed by atoms with Gasteiger partial charge in [-0.2, -0.15) is 0 Å². The van der Waals surface area contributed by atoms with Crippen molar-refractivity contribution in [1.82, 2.24) is 20.2 Å². The van der Waals surface area contributed by atoms with Gasteiger partial charge in [-0.25, -0.2) is 9.78 Å². The van der Waals surface area contributed by atoms with Gasteiger partial charge in [0.05, 0.1) is 5.52 Å². The molecule has 3 aromatic rings. The summed E-state index contributed by atoms with van der Waals surface area (Å²) in [4.78, 5) is 41.0. The Morgan fingerprint density at radius 3 is 2.74 bits per heavy atom. The number of nitrogens with zero attached hydrogens (tertiary/aromatic N) is 2. The molecule has 1 saturated heterocycles. The number of ether oxygens (including phenoxy) is 3. The van der Waals surface area contributed by atoms with Crippen molar-refractivity contribution in [2.75, 3.05) is 36.9 Å². The quantitative estimate of drug-likeness (QED) is 0.317. The zero-order valence-electron chi connectivity index (χ0n) is 24.0. The lowest BCUT2D eigenvalue weighted by Gasteiger charge is -2.30. The average Bonchev–Trinajstić information content (AvgIpc) is 2.97. The largest absolute Gasteiger partial charge is 0.488 e. The summed E-state index contributed by atoms with van der Waals surface area (Å²) in [6.45, 7) is 6.71. The summed E-state index contributed by atoms with van der Waals surface area (Å²) in [5.41, 5.74) is 0.794. The second-order valence-corrected chi connectivity index (χ2v) is 10.3. The van der Waals surface area contributed by atoms with Crippen LogP contribution in [-0.4, -0.2) is 66.0 Å². The van der Waals surface area contributed by atoms with E-state index in [1.54, 1.807) is 22.8 Å². The first-order valence-corrected chi connectivity index (χ1v) is 14.7. The van der Waals surface area contributed by atoms with Crippen LogP contribution in [0.1, 0.15) is 39.5 Å². The minimum atomic E-state index is -0.598. The highest BCUT2D eigenvalue weighted by atomic mass is 16.6. The van der Waals surface area contributed by atoms with Crippen molar-refractivity contribution in [1.29, 1.82) is 0 Å². The fraction of sp³-hybridized carbons (Fsp3) is 0.467. The molecule has 2 amide bonds. The lowest BCUT2D eigenvalue weighted by molar-refractivity contribution is -0.118. The average molecular weight is 579 g/mol. The van der Waals surface area contributed by atoms with Crippen LogP contribution in [0.3, 0.4) is 0 Å². The number of rotatable bonds is 8. The van der Waals surface area contributed by atoms with Crippen LogP contribution in [0.5, 0.6) is 11.5 Å². The molecule has 6 rings (SSSR count). The maximum Gasteiger partial charge on any atom is 0.413 e. The molecule has 12 nitrogen and oxygen atoms in total. The van der Waals surface area contributed by atoms with Gasteiger partial charge in [0.1, 0.15) is 23.8 Å². The van der Waals surface area contributed by atoms with Gasteiger partial charge >= 0.3 is 6.09 Å². The molecule has 224 valence electrons. The van der Waals surface area contributed by atoms with Crippen LogP contribution in [0.15, 0.2) is 47.3 Å². The third kappa shape index (κ3) is 7.18. The van der Waals surface area contributed by atoms with Crippen molar-refractivity contribution >= 4 is 34.5 Å². The van der Waals surface area contributed by atoms with Crippen LogP contribution in [0.4, 0.5) is 16.4 Å². The molecule has 0 radical (unpaired) electrons. The zero-order chi connectivity index (χ0) is 29.5. The van der Waals surface area contributed by atoms with Gasteiger partial charge in [-0.15, -0.1) is 0 Å². The monoisotopic (exact) mass is 578 g/mol. The number of aromatic nitrogens is 2. The number of carbonyl (C=O) groups is 2. The highest BCUT2D eigenvalue weighted by Gasteiger charge is 2.25. The molecule has 1 aliphatic carbocycles. The Hall–Kier alpha value is -4.16. The van der Waals surface area contributed by atoms with Crippen LogP contribution < -0.4 is 36.3 Å². The van der Waals surface area contributed by atoms with Crippen molar-refractivity contribution in [2.24, 2.45) is 0 Å². The van der Waals surface area contributed by atoms with Crippen LogP contribution in [0.25, 0.3) is 10.9 Å². The SMILES string of the molecule is CC.O=C1COc2ccc(NC(=O)O[C@@H]3CCCC(NCCn4c(=O)ccc5ccc(OC6CNC6)cc54)C3)nc2N1. The Labute approximate surface area is 244 Å². The highest BCUT2D eigenvalue weighted by molar-refractivity contribution is 5.94. The third-order valence-corrected chi connectivity index (χ3v) is 7.38. The van der Waals surface area contributed by atoms with Crippen molar-refractivity contribution in [3.05, 3.63) is 52.8 Å². The standard InChI is InChI=1S/C28H32N6O6.C2H6/c35-25-16-38-23-7-8-24(31-27(23)33-25)32-28(37)40-19-3-1-2-18(12-19)30-10-11-34-22-13-20(39-21-14-29-15-21)6-4-17(22)5-9-26(34)36;1-2/h4-9,13,18-19,21,29-30H,1-3,10-12,14-16H2,(H2,31,32,33,35,37);1-2H3/t18?,19-;/m1./s1. The van der Waals surface area contributed by atoms with Gasteiger partial charge in [0.25, 0.3) is 11.5 Å². The van der Waals surface area contributed by atoms with Crippen molar-refractivity contribution < 1.29 is 23.8 Å². The van der Waals surface area contributed by atoms with Crippen molar-refractivity contribution in [3.63, 3.8) is 0 Å². The molecule has 42 heavy (non-hydrogen) atoms. The Bertz CT molecular complexity index is 1470. The summed E-state index contributed by atoms with van der Waals surface area (Å²) in [6.07, 6.45) is 2.65. The zero-order valence-corrected chi connectivity index (χ0v) is 24.0. The number of fused-ring (bicyclic) bond motifs is 2.